The molecule has 0 aliphatic rings. The number of carbonyl (C=O) groups is 2. The Balaban J connectivity index is 1.96. The predicted molar refractivity (Wildman–Crippen MR) is 143 cm³/mol. The van der Waals surface area contributed by atoms with Gasteiger partial charge in [-0.05, 0) is 74.3 Å². The van der Waals surface area contributed by atoms with Gasteiger partial charge >= 0.3 is 18.0 Å². The van der Waals surface area contributed by atoms with E-state index in [0.29, 0.717) is 12.1 Å². The minimum atomic E-state index is -6.27. The SMILES string of the molecule is CS(=O)(=O)OC(c1cc(Br)c(NC(=O)c2cccc(NC(=O)c3cccnc3Cl)c2)c(Br)c1)(C(F)(F)F)C(F)(F)F. The van der Waals surface area contributed by atoms with E-state index in [1.54, 1.807) is 0 Å². The smallest absolute Gasteiger partial charge is 0.322 e. The fraction of sp³-hybridized carbons (Fsp3) is 0.174. The first-order chi connectivity index (χ1) is 18.8. The van der Waals surface area contributed by atoms with Crippen molar-refractivity contribution in [3.63, 3.8) is 0 Å². The molecule has 0 aliphatic heterocycles. The van der Waals surface area contributed by atoms with Gasteiger partial charge in [0, 0.05) is 32.0 Å². The fourth-order valence-corrected chi connectivity index (χ4v) is 5.76. The second-order valence-corrected chi connectivity index (χ2v) is 11.8. The summed E-state index contributed by atoms with van der Waals surface area (Å²) in [5.74, 6) is -1.52. The van der Waals surface area contributed by atoms with Crippen molar-refractivity contribution in [2.45, 2.75) is 18.0 Å². The van der Waals surface area contributed by atoms with E-state index in [-0.39, 0.29) is 33.9 Å². The average molecular weight is 754 g/mol. The van der Waals surface area contributed by atoms with Crippen LogP contribution in [0.15, 0.2) is 63.7 Å². The van der Waals surface area contributed by atoms with Crippen LogP contribution in [0.3, 0.4) is 0 Å². The van der Waals surface area contributed by atoms with E-state index < -0.39 is 54.4 Å². The largest absolute Gasteiger partial charge is 0.432 e. The van der Waals surface area contributed by atoms with Crippen LogP contribution in [0.4, 0.5) is 37.7 Å². The number of anilines is 2. The molecule has 2 aromatic carbocycles. The first-order valence-electron chi connectivity index (χ1n) is 10.6. The Labute approximate surface area is 249 Å². The lowest BCUT2D eigenvalue weighted by molar-refractivity contribution is -0.364. The van der Waals surface area contributed by atoms with Crippen molar-refractivity contribution in [1.29, 1.82) is 0 Å². The van der Waals surface area contributed by atoms with Crippen LogP contribution in [-0.4, -0.2) is 43.8 Å². The second kappa shape index (κ2) is 11.9. The first-order valence-corrected chi connectivity index (χ1v) is 14.4. The zero-order valence-electron chi connectivity index (χ0n) is 20.0. The molecule has 0 saturated heterocycles. The molecule has 0 bridgehead atoms. The molecule has 2 amide bonds. The Hall–Kier alpha value is -2.73. The van der Waals surface area contributed by atoms with Crippen molar-refractivity contribution in [2.24, 2.45) is 0 Å². The van der Waals surface area contributed by atoms with Gasteiger partial charge in [-0.15, -0.1) is 0 Å². The zero-order valence-corrected chi connectivity index (χ0v) is 24.7. The predicted octanol–water partition coefficient (Wildman–Crippen LogP) is 7.06. The van der Waals surface area contributed by atoms with Gasteiger partial charge in [-0.3, -0.25) is 9.59 Å². The molecule has 8 nitrogen and oxygen atoms in total. The van der Waals surface area contributed by atoms with E-state index in [0.717, 1.165) is 0 Å². The number of benzene rings is 2. The van der Waals surface area contributed by atoms with Crippen molar-refractivity contribution in [1.82, 2.24) is 4.98 Å². The van der Waals surface area contributed by atoms with Crippen LogP contribution in [-0.2, 0) is 19.9 Å². The minimum absolute atomic E-state index is 0.0415. The number of nitrogens with one attached hydrogen (secondary N) is 2. The van der Waals surface area contributed by atoms with Gasteiger partial charge in [0.25, 0.3) is 21.9 Å². The summed E-state index contributed by atoms with van der Waals surface area (Å²) in [4.78, 5) is 29.2. The summed E-state index contributed by atoms with van der Waals surface area (Å²) >= 11 is 11.5. The Morgan fingerprint density at radius 1 is 0.902 bits per heavy atom. The Morgan fingerprint density at radius 2 is 1.49 bits per heavy atom. The molecule has 1 heterocycles. The maximum absolute atomic E-state index is 13.9. The van der Waals surface area contributed by atoms with Crippen LogP contribution in [0.5, 0.6) is 0 Å². The monoisotopic (exact) mass is 751 g/mol. The number of alkyl halides is 6. The normalized spacial score (nSPS) is 12.6. The lowest BCUT2D eigenvalue weighted by Crippen LogP contribution is -2.56. The number of hydrogen-bond donors (Lipinski definition) is 2. The molecular weight excluding hydrogens is 740 g/mol. The maximum atomic E-state index is 13.9. The Bertz CT molecular complexity index is 1580. The number of rotatable bonds is 7. The van der Waals surface area contributed by atoms with Gasteiger partial charge in [0.1, 0.15) is 5.15 Å². The third-order valence-corrected chi connectivity index (χ3v) is 7.25. The van der Waals surface area contributed by atoms with E-state index in [2.05, 4.69) is 51.7 Å². The molecule has 3 rings (SSSR count). The molecule has 3 aromatic rings. The van der Waals surface area contributed by atoms with Crippen molar-refractivity contribution >= 4 is 76.8 Å². The van der Waals surface area contributed by atoms with Crippen molar-refractivity contribution in [3.05, 3.63) is 85.5 Å². The van der Waals surface area contributed by atoms with Crippen LogP contribution in [0.25, 0.3) is 0 Å². The summed E-state index contributed by atoms with van der Waals surface area (Å²) in [7, 11) is -5.30. The van der Waals surface area contributed by atoms with Gasteiger partial charge in [0.05, 0.1) is 17.5 Å². The van der Waals surface area contributed by atoms with Crippen LogP contribution in [0, 0.1) is 0 Å². The number of carbonyl (C=O) groups excluding carboxylic acids is 2. The third-order valence-electron chi connectivity index (χ3n) is 5.15. The first kappa shape index (κ1) is 32.8. The maximum Gasteiger partial charge on any atom is 0.432 e. The molecule has 0 aliphatic carbocycles. The van der Waals surface area contributed by atoms with Crippen LogP contribution < -0.4 is 10.6 Å². The molecule has 0 atom stereocenters. The molecule has 220 valence electrons. The lowest BCUT2D eigenvalue weighted by atomic mass is 9.92. The van der Waals surface area contributed by atoms with Gasteiger partial charge in [0.15, 0.2) is 0 Å². The molecule has 2 N–H and O–H groups in total. The van der Waals surface area contributed by atoms with Crippen molar-refractivity contribution < 1.29 is 48.5 Å². The van der Waals surface area contributed by atoms with Crippen LogP contribution >= 0.6 is 43.5 Å². The summed E-state index contributed by atoms with van der Waals surface area (Å²) in [5, 5.41) is 4.77. The molecule has 18 heteroatoms. The highest BCUT2D eigenvalue weighted by Gasteiger charge is 2.75. The van der Waals surface area contributed by atoms with Crippen LogP contribution in [0.1, 0.15) is 26.3 Å². The van der Waals surface area contributed by atoms with Gasteiger partial charge < -0.3 is 10.6 Å². The quantitative estimate of drug-likeness (QED) is 0.152. The van der Waals surface area contributed by atoms with Crippen LogP contribution in [0.2, 0.25) is 5.15 Å². The molecule has 1 aromatic heterocycles. The average Bonchev–Trinajstić information content (AvgIpc) is 2.82. The number of pyridine rings is 1. The highest BCUT2D eigenvalue weighted by molar-refractivity contribution is 9.11. The summed E-state index contributed by atoms with van der Waals surface area (Å²) in [6, 6.07) is 8.92. The summed E-state index contributed by atoms with van der Waals surface area (Å²) in [6.45, 7) is 0. The molecular formula is C23H14Br2ClF6N3O5S. The highest BCUT2D eigenvalue weighted by atomic mass is 79.9. The number of nitrogens with zero attached hydrogens (tertiary/aromatic N) is 1. The summed E-state index contributed by atoms with van der Waals surface area (Å²) in [6.07, 6.45) is -11.1. The molecule has 0 unspecified atom stereocenters. The second-order valence-electron chi connectivity index (χ2n) is 8.11. The molecule has 0 radical (unpaired) electrons. The molecule has 0 fully saturated rings. The lowest BCUT2D eigenvalue weighted by Gasteiger charge is -2.36. The van der Waals surface area contributed by atoms with Crippen molar-refractivity contribution in [3.8, 4) is 0 Å². The minimum Gasteiger partial charge on any atom is -0.322 e. The van der Waals surface area contributed by atoms with E-state index in [9.17, 15) is 44.3 Å². The van der Waals surface area contributed by atoms with E-state index >= 15 is 0 Å². The molecule has 0 spiro atoms. The van der Waals surface area contributed by atoms with E-state index in [1.807, 2.05) is 0 Å². The fourth-order valence-electron chi connectivity index (χ4n) is 3.43. The van der Waals surface area contributed by atoms with E-state index in [4.69, 9.17) is 11.6 Å². The molecule has 41 heavy (non-hydrogen) atoms. The third kappa shape index (κ3) is 7.20. The van der Waals surface area contributed by atoms with Gasteiger partial charge in [0.2, 0.25) is 0 Å². The number of aromatic nitrogens is 1. The standard InChI is InChI=1S/C23H14Br2ClF6N3O5S/c1-41(38,39)40-21(22(27,28)29,23(30,31)32)12-9-15(24)17(16(25)10-12)35-19(36)11-4-2-5-13(8-11)34-20(37)14-6-3-7-33-18(14)26/h2-10H,1H3,(H,34,37)(H,35,36). The van der Waals surface area contributed by atoms with Gasteiger partial charge in [-0.1, -0.05) is 17.7 Å². The van der Waals surface area contributed by atoms with Crippen molar-refractivity contribution in [2.75, 3.05) is 16.9 Å². The van der Waals surface area contributed by atoms with E-state index in [1.165, 1.54) is 42.6 Å². The number of amides is 2. The zero-order chi connectivity index (χ0) is 31.0. The Kier molecular flexibility index (Phi) is 9.49. The number of hydrogen-bond acceptors (Lipinski definition) is 6. The highest BCUT2D eigenvalue weighted by Crippen LogP contribution is 2.55. The summed E-state index contributed by atoms with van der Waals surface area (Å²) < 4.78 is 109. The topological polar surface area (TPSA) is 114 Å². The summed E-state index contributed by atoms with van der Waals surface area (Å²) in [5.41, 5.74) is -7.07. The number of halogens is 9. The molecule has 0 saturated carbocycles. The van der Waals surface area contributed by atoms with Gasteiger partial charge in [-0.25, -0.2) is 9.17 Å². The van der Waals surface area contributed by atoms with Gasteiger partial charge in [-0.2, -0.15) is 34.8 Å². The Morgan fingerprint density at radius 3 is 2.00 bits per heavy atom.